The molecule has 0 bridgehead atoms. The van der Waals surface area contributed by atoms with E-state index in [1.807, 2.05) is 11.7 Å². The summed E-state index contributed by atoms with van der Waals surface area (Å²) in [6.07, 6.45) is 5.99. The van der Waals surface area contributed by atoms with Crippen molar-refractivity contribution in [2.24, 2.45) is 5.41 Å². The molecule has 0 amide bonds. The molecule has 1 saturated carbocycles. The van der Waals surface area contributed by atoms with Crippen LogP contribution in [0.2, 0.25) is 0 Å². The van der Waals surface area contributed by atoms with Crippen molar-refractivity contribution in [3.8, 4) is 0 Å². The van der Waals surface area contributed by atoms with E-state index in [9.17, 15) is 4.79 Å². The van der Waals surface area contributed by atoms with E-state index in [4.69, 9.17) is 0 Å². The van der Waals surface area contributed by atoms with Crippen molar-refractivity contribution in [1.29, 1.82) is 0 Å². The van der Waals surface area contributed by atoms with E-state index >= 15 is 0 Å². The van der Waals surface area contributed by atoms with Crippen molar-refractivity contribution in [1.82, 2.24) is 4.98 Å². The van der Waals surface area contributed by atoms with Crippen LogP contribution in [0.1, 0.15) is 17.7 Å². The molecule has 1 aromatic heterocycles. The number of hydrogen-bond acceptors (Lipinski definition) is 3. The normalized spacial score (nSPS) is 19.6. The van der Waals surface area contributed by atoms with E-state index in [0.29, 0.717) is 0 Å². The van der Waals surface area contributed by atoms with Gasteiger partial charge in [-0.05, 0) is 19.3 Å². The summed E-state index contributed by atoms with van der Waals surface area (Å²) in [6.45, 7) is 0. The van der Waals surface area contributed by atoms with Gasteiger partial charge < -0.3 is 4.79 Å². The van der Waals surface area contributed by atoms with Crippen LogP contribution in [-0.4, -0.2) is 11.3 Å². The molecule has 0 spiro atoms. The third-order valence-electron chi connectivity index (χ3n) is 2.15. The second-order valence-electron chi connectivity index (χ2n) is 3.12. The maximum absolute atomic E-state index is 10.6. The molecule has 3 heteroatoms. The lowest BCUT2D eigenvalue weighted by molar-refractivity contribution is -0.112. The Hall–Kier alpha value is -0.700. The molecule has 1 heterocycles. The van der Waals surface area contributed by atoms with Gasteiger partial charge in [0.1, 0.15) is 6.29 Å². The van der Waals surface area contributed by atoms with Crippen molar-refractivity contribution in [3.05, 3.63) is 16.6 Å². The molecule has 11 heavy (non-hydrogen) atoms. The maximum Gasteiger partial charge on any atom is 0.126 e. The third-order valence-corrected chi connectivity index (χ3v) is 2.93. The molecule has 2 nitrogen and oxygen atoms in total. The van der Waals surface area contributed by atoms with Crippen LogP contribution >= 0.6 is 11.3 Å². The monoisotopic (exact) mass is 167 g/mol. The molecule has 0 saturated heterocycles. The first-order valence-electron chi connectivity index (χ1n) is 3.68. The molecule has 1 aliphatic carbocycles. The number of hydrogen-bond donors (Lipinski definition) is 0. The Bertz CT molecular complexity index is 251. The first kappa shape index (κ1) is 6.98. The van der Waals surface area contributed by atoms with Crippen molar-refractivity contribution in [2.75, 3.05) is 0 Å². The summed E-state index contributed by atoms with van der Waals surface area (Å²) in [6, 6.07) is 0. The molecule has 1 aliphatic rings. The highest BCUT2D eigenvalue weighted by Crippen LogP contribution is 2.46. The Kier molecular flexibility index (Phi) is 1.53. The molecule has 2 rings (SSSR count). The van der Waals surface area contributed by atoms with Gasteiger partial charge in [-0.2, -0.15) is 0 Å². The fraction of sp³-hybridized carbons (Fsp3) is 0.500. The van der Waals surface area contributed by atoms with E-state index in [-0.39, 0.29) is 5.41 Å². The number of rotatable bonds is 3. The van der Waals surface area contributed by atoms with Gasteiger partial charge in [0.05, 0.1) is 5.51 Å². The number of aldehydes is 1. The van der Waals surface area contributed by atoms with Crippen LogP contribution in [0.3, 0.4) is 0 Å². The quantitative estimate of drug-likeness (QED) is 0.641. The lowest BCUT2D eigenvalue weighted by Crippen LogP contribution is -2.04. The van der Waals surface area contributed by atoms with Crippen molar-refractivity contribution < 1.29 is 4.79 Å². The van der Waals surface area contributed by atoms with Crippen LogP contribution in [-0.2, 0) is 11.2 Å². The SMILES string of the molecule is O=CC1(Cc2cncs2)CC1. The third kappa shape index (κ3) is 1.33. The molecule has 0 aliphatic heterocycles. The number of aromatic nitrogens is 1. The van der Waals surface area contributed by atoms with E-state index < -0.39 is 0 Å². The van der Waals surface area contributed by atoms with Crippen LogP contribution in [0.15, 0.2) is 11.7 Å². The standard InChI is InChI=1S/C8H9NOS/c10-5-8(1-2-8)3-7-4-9-6-11-7/h4-6H,1-3H2. The van der Waals surface area contributed by atoms with Gasteiger partial charge in [-0.3, -0.25) is 4.98 Å². The molecular formula is C8H9NOS. The highest BCUT2D eigenvalue weighted by Gasteiger charge is 2.42. The van der Waals surface area contributed by atoms with Crippen LogP contribution in [0.4, 0.5) is 0 Å². The van der Waals surface area contributed by atoms with Crippen LogP contribution in [0.5, 0.6) is 0 Å². The molecule has 1 fully saturated rings. The van der Waals surface area contributed by atoms with Gasteiger partial charge in [-0.25, -0.2) is 0 Å². The zero-order valence-corrected chi connectivity index (χ0v) is 6.93. The van der Waals surface area contributed by atoms with Gasteiger partial charge in [0.2, 0.25) is 0 Å². The van der Waals surface area contributed by atoms with E-state index in [0.717, 1.165) is 25.5 Å². The van der Waals surface area contributed by atoms with Gasteiger partial charge in [0.25, 0.3) is 0 Å². The minimum atomic E-state index is 0.00648. The summed E-state index contributed by atoms with van der Waals surface area (Å²) >= 11 is 1.64. The van der Waals surface area contributed by atoms with Crippen molar-refractivity contribution in [3.63, 3.8) is 0 Å². The Morgan fingerprint density at radius 1 is 1.73 bits per heavy atom. The van der Waals surface area contributed by atoms with Crippen LogP contribution in [0.25, 0.3) is 0 Å². The fourth-order valence-corrected chi connectivity index (χ4v) is 1.92. The number of thiazole rings is 1. The molecular weight excluding hydrogens is 158 g/mol. The summed E-state index contributed by atoms with van der Waals surface area (Å²) in [5.74, 6) is 0. The van der Waals surface area contributed by atoms with Crippen LogP contribution < -0.4 is 0 Å². The van der Waals surface area contributed by atoms with Gasteiger partial charge in [-0.15, -0.1) is 11.3 Å². The fourth-order valence-electron chi connectivity index (χ4n) is 1.17. The lowest BCUT2D eigenvalue weighted by Gasteiger charge is -2.01. The summed E-state index contributed by atoms with van der Waals surface area (Å²) in [5.41, 5.74) is 1.82. The second kappa shape index (κ2) is 2.41. The largest absolute Gasteiger partial charge is 0.303 e. The average molecular weight is 167 g/mol. The van der Waals surface area contributed by atoms with Gasteiger partial charge in [-0.1, -0.05) is 0 Å². The van der Waals surface area contributed by atoms with E-state index in [1.54, 1.807) is 11.3 Å². The second-order valence-corrected chi connectivity index (χ2v) is 4.10. The van der Waals surface area contributed by atoms with Crippen molar-refractivity contribution in [2.45, 2.75) is 19.3 Å². The number of nitrogens with zero attached hydrogens (tertiary/aromatic N) is 1. The zero-order chi connectivity index (χ0) is 7.73. The Labute approximate surface area is 69.3 Å². The molecule has 0 atom stereocenters. The number of carbonyl (C=O) groups is 1. The van der Waals surface area contributed by atoms with E-state index in [2.05, 4.69) is 4.98 Å². The molecule has 1 aromatic rings. The predicted molar refractivity (Wildman–Crippen MR) is 43.5 cm³/mol. The molecule has 0 unspecified atom stereocenters. The average Bonchev–Trinajstić information content (AvgIpc) is 2.59. The topological polar surface area (TPSA) is 30.0 Å². The van der Waals surface area contributed by atoms with Gasteiger partial charge in [0, 0.05) is 16.5 Å². The molecule has 0 N–H and O–H groups in total. The van der Waals surface area contributed by atoms with E-state index in [1.165, 1.54) is 4.88 Å². The van der Waals surface area contributed by atoms with Crippen molar-refractivity contribution >= 4 is 17.6 Å². The Morgan fingerprint density at radius 3 is 3.00 bits per heavy atom. The maximum atomic E-state index is 10.6. The summed E-state index contributed by atoms with van der Waals surface area (Å²) in [5, 5.41) is 0. The Balaban J connectivity index is 2.06. The Morgan fingerprint density at radius 2 is 2.55 bits per heavy atom. The molecule has 0 aromatic carbocycles. The zero-order valence-electron chi connectivity index (χ0n) is 6.12. The highest BCUT2D eigenvalue weighted by atomic mass is 32.1. The first-order valence-corrected chi connectivity index (χ1v) is 4.56. The first-order chi connectivity index (χ1) is 5.35. The summed E-state index contributed by atoms with van der Waals surface area (Å²) < 4.78 is 0. The summed E-state index contributed by atoms with van der Waals surface area (Å²) in [7, 11) is 0. The smallest absolute Gasteiger partial charge is 0.126 e. The minimum Gasteiger partial charge on any atom is -0.303 e. The molecule has 0 radical (unpaired) electrons. The summed E-state index contributed by atoms with van der Waals surface area (Å²) in [4.78, 5) is 15.8. The molecule has 58 valence electrons. The van der Waals surface area contributed by atoms with Gasteiger partial charge in [0.15, 0.2) is 0 Å². The minimum absolute atomic E-state index is 0.00648. The van der Waals surface area contributed by atoms with Gasteiger partial charge >= 0.3 is 0 Å². The lowest BCUT2D eigenvalue weighted by atomic mass is 10.0. The highest BCUT2D eigenvalue weighted by molar-refractivity contribution is 7.09. The number of carbonyl (C=O) groups excluding carboxylic acids is 1. The van der Waals surface area contributed by atoms with Crippen LogP contribution in [0, 0.1) is 5.41 Å². The predicted octanol–water partition coefficient (Wildman–Crippen LogP) is 1.66.